The minimum atomic E-state index is -0.105. The van der Waals surface area contributed by atoms with Crippen LogP contribution in [0.2, 0.25) is 0 Å². The van der Waals surface area contributed by atoms with Crippen molar-refractivity contribution in [2.24, 2.45) is 0 Å². The van der Waals surface area contributed by atoms with Crippen molar-refractivity contribution in [2.75, 3.05) is 42.5 Å². The van der Waals surface area contributed by atoms with E-state index in [1.54, 1.807) is 16.0 Å². The second-order valence-corrected chi connectivity index (χ2v) is 6.42. The first-order valence-electron chi connectivity index (χ1n) is 8.91. The molecule has 1 aromatic carbocycles. The molecular formula is C20H24N4O2. The fraction of sp³-hybridized carbons (Fsp3) is 0.350. The molecule has 136 valence electrons. The van der Waals surface area contributed by atoms with Gasteiger partial charge in [-0.25, -0.2) is 0 Å². The lowest BCUT2D eigenvalue weighted by atomic mass is 10.2. The first-order chi connectivity index (χ1) is 12.6. The van der Waals surface area contributed by atoms with E-state index in [0.717, 1.165) is 36.4 Å². The van der Waals surface area contributed by atoms with Gasteiger partial charge in [0, 0.05) is 50.3 Å². The number of rotatable bonds is 5. The van der Waals surface area contributed by atoms with E-state index in [1.807, 2.05) is 50.2 Å². The Morgan fingerprint density at radius 1 is 1.19 bits per heavy atom. The summed E-state index contributed by atoms with van der Waals surface area (Å²) >= 11 is 0. The molecule has 1 aliphatic heterocycles. The van der Waals surface area contributed by atoms with Crippen LogP contribution in [0.3, 0.4) is 0 Å². The third-order valence-electron chi connectivity index (χ3n) is 4.67. The summed E-state index contributed by atoms with van der Waals surface area (Å²) in [6.45, 7) is 7.45. The number of anilines is 2. The molecule has 2 aromatic rings. The van der Waals surface area contributed by atoms with Crippen LogP contribution < -0.4 is 9.80 Å². The Balaban J connectivity index is 1.80. The monoisotopic (exact) mass is 352 g/mol. The normalized spacial score (nSPS) is 14.2. The standard InChI is InChI=1S/C20H24N4O2/c1-3-24(18-6-4-5-16(2)13-18)20(26)19-14-17(7-8-21-19)23-11-9-22(15-25)10-12-23/h4-8,13-15H,3,9-12H2,1-2H3. The summed E-state index contributed by atoms with van der Waals surface area (Å²) in [6, 6.07) is 11.7. The number of carbonyl (C=O) groups is 2. The predicted octanol–water partition coefficient (Wildman–Crippen LogP) is 2.34. The smallest absolute Gasteiger partial charge is 0.276 e. The minimum Gasteiger partial charge on any atom is -0.368 e. The Labute approximate surface area is 154 Å². The van der Waals surface area contributed by atoms with Gasteiger partial charge in [-0.3, -0.25) is 14.6 Å². The maximum Gasteiger partial charge on any atom is 0.276 e. The molecule has 0 spiro atoms. The molecule has 2 amide bonds. The Kier molecular flexibility index (Phi) is 5.51. The molecule has 0 radical (unpaired) electrons. The molecule has 0 unspecified atom stereocenters. The van der Waals surface area contributed by atoms with Gasteiger partial charge in [-0.15, -0.1) is 0 Å². The highest BCUT2D eigenvalue weighted by atomic mass is 16.2. The average Bonchev–Trinajstić information content (AvgIpc) is 2.69. The third-order valence-corrected chi connectivity index (χ3v) is 4.67. The number of aryl methyl sites for hydroxylation is 1. The number of aromatic nitrogens is 1. The fourth-order valence-electron chi connectivity index (χ4n) is 3.20. The summed E-state index contributed by atoms with van der Waals surface area (Å²) in [5.74, 6) is -0.105. The summed E-state index contributed by atoms with van der Waals surface area (Å²) in [7, 11) is 0. The lowest BCUT2D eigenvalue weighted by molar-refractivity contribution is -0.118. The molecule has 1 aromatic heterocycles. The van der Waals surface area contributed by atoms with Crippen molar-refractivity contribution in [1.29, 1.82) is 0 Å². The van der Waals surface area contributed by atoms with Crippen molar-refractivity contribution in [3.63, 3.8) is 0 Å². The molecule has 1 fully saturated rings. The van der Waals surface area contributed by atoms with Crippen molar-refractivity contribution in [3.8, 4) is 0 Å². The van der Waals surface area contributed by atoms with E-state index >= 15 is 0 Å². The summed E-state index contributed by atoms with van der Waals surface area (Å²) in [5, 5.41) is 0. The van der Waals surface area contributed by atoms with Crippen LogP contribution in [-0.4, -0.2) is 54.9 Å². The van der Waals surface area contributed by atoms with Crippen molar-refractivity contribution in [1.82, 2.24) is 9.88 Å². The second kappa shape index (κ2) is 7.99. The Bertz CT molecular complexity index is 785. The molecule has 26 heavy (non-hydrogen) atoms. The van der Waals surface area contributed by atoms with E-state index in [0.29, 0.717) is 25.3 Å². The molecule has 0 saturated carbocycles. The first kappa shape index (κ1) is 17.9. The van der Waals surface area contributed by atoms with Gasteiger partial charge in [-0.05, 0) is 43.7 Å². The van der Waals surface area contributed by atoms with Gasteiger partial charge in [0.05, 0.1) is 0 Å². The molecule has 0 aliphatic carbocycles. The summed E-state index contributed by atoms with van der Waals surface area (Å²) in [6.07, 6.45) is 2.57. The van der Waals surface area contributed by atoms with Gasteiger partial charge in [0.2, 0.25) is 6.41 Å². The molecule has 6 heteroatoms. The van der Waals surface area contributed by atoms with Crippen LogP contribution in [-0.2, 0) is 4.79 Å². The van der Waals surface area contributed by atoms with Crippen molar-refractivity contribution >= 4 is 23.7 Å². The second-order valence-electron chi connectivity index (χ2n) is 6.42. The average molecular weight is 352 g/mol. The highest BCUT2D eigenvalue weighted by molar-refractivity contribution is 6.05. The zero-order valence-corrected chi connectivity index (χ0v) is 15.3. The zero-order valence-electron chi connectivity index (χ0n) is 15.3. The van der Waals surface area contributed by atoms with E-state index in [-0.39, 0.29) is 5.91 Å². The molecule has 1 aliphatic rings. The first-order valence-corrected chi connectivity index (χ1v) is 8.91. The van der Waals surface area contributed by atoms with E-state index in [1.165, 1.54) is 0 Å². The number of hydrogen-bond donors (Lipinski definition) is 0. The van der Waals surface area contributed by atoms with Crippen LogP contribution in [0.1, 0.15) is 23.0 Å². The summed E-state index contributed by atoms with van der Waals surface area (Å²) < 4.78 is 0. The minimum absolute atomic E-state index is 0.105. The number of carbonyl (C=O) groups excluding carboxylic acids is 2. The molecule has 2 heterocycles. The van der Waals surface area contributed by atoms with Gasteiger partial charge in [0.1, 0.15) is 5.69 Å². The van der Waals surface area contributed by atoms with Gasteiger partial charge in [-0.2, -0.15) is 0 Å². The van der Waals surface area contributed by atoms with Crippen LogP contribution in [0.25, 0.3) is 0 Å². The van der Waals surface area contributed by atoms with Crippen LogP contribution in [0.15, 0.2) is 42.6 Å². The number of benzene rings is 1. The SMILES string of the molecule is CCN(C(=O)c1cc(N2CCN(C=O)CC2)ccn1)c1cccc(C)c1. The predicted molar refractivity (Wildman–Crippen MR) is 103 cm³/mol. The van der Waals surface area contributed by atoms with Crippen LogP contribution in [0.5, 0.6) is 0 Å². The van der Waals surface area contributed by atoms with E-state index in [4.69, 9.17) is 0 Å². The van der Waals surface area contributed by atoms with Gasteiger partial charge < -0.3 is 14.7 Å². The van der Waals surface area contributed by atoms with Crippen LogP contribution in [0.4, 0.5) is 11.4 Å². The molecule has 3 rings (SSSR count). The summed E-state index contributed by atoms with van der Waals surface area (Å²) in [5.41, 5.74) is 3.39. The molecule has 0 bridgehead atoms. The third kappa shape index (κ3) is 3.85. The van der Waals surface area contributed by atoms with Gasteiger partial charge in [0.25, 0.3) is 5.91 Å². The molecule has 1 saturated heterocycles. The highest BCUT2D eigenvalue weighted by Crippen LogP contribution is 2.21. The number of nitrogens with zero attached hydrogens (tertiary/aromatic N) is 4. The molecular weight excluding hydrogens is 328 g/mol. The quantitative estimate of drug-likeness (QED) is 0.775. The Hall–Kier alpha value is -2.89. The van der Waals surface area contributed by atoms with Crippen molar-refractivity contribution < 1.29 is 9.59 Å². The topological polar surface area (TPSA) is 56.8 Å². The maximum atomic E-state index is 13.0. The lowest BCUT2D eigenvalue weighted by Gasteiger charge is -2.34. The fourth-order valence-corrected chi connectivity index (χ4v) is 3.20. The summed E-state index contributed by atoms with van der Waals surface area (Å²) in [4.78, 5) is 33.9. The van der Waals surface area contributed by atoms with Gasteiger partial charge in [-0.1, -0.05) is 12.1 Å². The van der Waals surface area contributed by atoms with Crippen molar-refractivity contribution in [3.05, 3.63) is 53.9 Å². The van der Waals surface area contributed by atoms with E-state index in [9.17, 15) is 9.59 Å². The number of hydrogen-bond acceptors (Lipinski definition) is 4. The Morgan fingerprint density at radius 2 is 1.96 bits per heavy atom. The zero-order chi connectivity index (χ0) is 18.5. The van der Waals surface area contributed by atoms with Gasteiger partial charge in [0.15, 0.2) is 0 Å². The molecule has 6 nitrogen and oxygen atoms in total. The number of amides is 2. The Morgan fingerprint density at radius 3 is 2.62 bits per heavy atom. The molecule has 0 atom stereocenters. The van der Waals surface area contributed by atoms with E-state index in [2.05, 4.69) is 9.88 Å². The van der Waals surface area contributed by atoms with Crippen LogP contribution in [0, 0.1) is 6.92 Å². The highest BCUT2D eigenvalue weighted by Gasteiger charge is 2.20. The van der Waals surface area contributed by atoms with E-state index < -0.39 is 0 Å². The van der Waals surface area contributed by atoms with Crippen molar-refractivity contribution in [2.45, 2.75) is 13.8 Å². The largest absolute Gasteiger partial charge is 0.368 e. The molecule has 0 N–H and O–H groups in total. The number of pyridine rings is 1. The number of piperazine rings is 1. The lowest BCUT2D eigenvalue weighted by Crippen LogP contribution is -2.45. The van der Waals surface area contributed by atoms with Crippen LogP contribution >= 0.6 is 0 Å². The van der Waals surface area contributed by atoms with Gasteiger partial charge >= 0.3 is 0 Å². The maximum absolute atomic E-state index is 13.0.